The zero-order chi connectivity index (χ0) is 28.5. The van der Waals surface area contributed by atoms with Crippen molar-refractivity contribution in [3.05, 3.63) is 0 Å². The Morgan fingerprint density at radius 3 is 1.53 bits per heavy atom. The van der Waals surface area contributed by atoms with Crippen LogP contribution in [0.25, 0.3) is 0 Å². The van der Waals surface area contributed by atoms with Crippen molar-refractivity contribution in [1.29, 1.82) is 0 Å². The Labute approximate surface area is 241 Å². The minimum Gasteiger partial charge on any atom is -0.366 e. The number of hydrogen-bond donors (Lipinski definition) is 2. The summed E-state index contributed by atoms with van der Waals surface area (Å²) in [5.74, 6) is 0. The van der Waals surface area contributed by atoms with Crippen LogP contribution in [-0.2, 0) is 13.6 Å². The minimum atomic E-state index is -4.04. The summed E-state index contributed by atoms with van der Waals surface area (Å²) in [6.07, 6.45) is 24.5. The van der Waals surface area contributed by atoms with Gasteiger partial charge in [-0.05, 0) is 18.6 Å². The Kier molecular flexibility index (Phi) is 24.4. The molecule has 0 saturated carbocycles. The van der Waals surface area contributed by atoms with Crippen LogP contribution in [0.2, 0.25) is 0 Å². The molecule has 0 aliphatic heterocycles. The molecule has 0 aromatic carbocycles. The average molecular weight is 581 g/mol. The van der Waals surface area contributed by atoms with E-state index in [1.807, 2.05) is 26.0 Å². The normalized spacial score (nSPS) is 13.4. The van der Waals surface area contributed by atoms with Gasteiger partial charge in [-0.1, -0.05) is 116 Å². The summed E-state index contributed by atoms with van der Waals surface area (Å²) < 4.78 is 23.0. The van der Waals surface area contributed by atoms with E-state index in [9.17, 15) is 9.46 Å². The van der Waals surface area contributed by atoms with E-state index in [4.69, 9.17) is 21.3 Å². The van der Waals surface area contributed by atoms with Crippen molar-refractivity contribution in [3.63, 3.8) is 0 Å². The fraction of sp³-hybridized carbons (Fsp3) is 0.966. The lowest BCUT2D eigenvalue weighted by Gasteiger charge is -2.26. The van der Waals surface area contributed by atoms with Crippen LogP contribution >= 0.6 is 20.0 Å². The molecule has 228 valence electrons. The van der Waals surface area contributed by atoms with Gasteiger partial charge in [-0.15, -0.1) is 0 Å². The summed E-state index contributed by atoms with van der Waals surface area (Å²) in [5.41, 5.74) is 0. The summed E-state index contributed by atoms with van der Waals surface area (Å²) in [6, 6.07) is 0. The van der Waals surface area contributed by atoms with Crippen LogP contribution in [0.4, 0.5) is 0 Å². The summed E-state index contributed by atoms with van der Waals surface area (Å²) in [6.45, 7) is 4.46. The molecular formula is C29H63N3O4PS+. The van der Waals surface area contributed by atoms with Crippen molar-refractivity contribution in [2.75, 3.05) is 61.0 Å². The molecule has 0 bridgehead atoms. The van der Waals surface area contributed by atoms with E-state index in [0.717, 1.165) is 13.0 Å². The van der Waals surface area contributed by atoms with Crippen LogP contribution in [0.3, 0.4) is 0 Å². The Morgan fingerprint density at radius 2 is 1.13 bits per heavy atom. The largest absolute Gasteiger partial charge is 0.472 e. The SMILES string of the molecule is CCCCCCCCCCCCCCCCCCCCN(CCOP(=O)(O)OCC[N+](C)(C)C)C(=S)NC. The molecule has 0 spiro atoms. The second kappa shape index (κ2) is 24.5. The van der Waals surface area contributed by atoms with E-state index in [1.54, 1.807) is 7.05 Å². The highest BCUT2D eigenvalue weighted by molar-refractivity contribution is 7.80. The molecule has 0 aliphatic rings. The number of nitrogens with zero attached hydrogens (tertiary/aromatic N) is 2. The first kappa shape index (κ1) is 37.8. The lowest BCUT2D eigenvalue weighted by molar-refractivity contribution is -0.870. The maximum absolute atomic E-state index is 12.1. The van der Waals surface area contributed by atoms with Gasteiger partial charge < -0.3 is 19.6 Å². The molecule has 0 rings (SSSR count). The topological polar surface area (TPSA) is 71.0 Å². The zero-order valence-electron chi connectivity index (χ0n) is 25.7. The van der Waals surface area contributed by atoms with Gasteiger partial charge in [-0.25, -0.2) is 4.57 Å². The standard InChI is InChI=1S/C29H62N3O4PS/c1-6-7-8-9-10-11-12-13-14-15-16-17-18-19-20-21-22-23-24-31(29(38)30-2)25-27-35-37(33,34)36-28-26-32(3,4)5/h6-28H2,1-5H3,(H-,30,33,34,38)/p+1. The van der Waals surface area contributed by atoms with Gasteiger partial charge in [-0.2, -0.15) is 0 Å². The Morgan fingerprint density at radius 1 is 0.737 bits per heavy atom. The van der Waals surface area contributed by atoms with Crippen molar-refractivity contribution in [3.8, 4) is 0 Å². The predicted molar refractivity (Wildman–Crippen MR) is 167 cm³/mol. The van der Waals surface area contributed by atoms with Crippen molar-refractivity contribution in [2.45, 2.75) is 122 Å². The van der Waals surface area contributed by atoms with Gasteiger partial charge in [0.15, 0.2) is 5.11 Å². The fourth-order valence-corrected chi connectivity index (χ4v) is 5.29. The summed E-state index contributed by atoms with van der Waals surface area (Å²) >= 11 is 5.41. The highest BCUT2D eigenvalue weighted by Gasteiger charge is 2.23. The molecule has 7 nitrogen and oxygen atoms in total. The van der Waals surface area contributed by atoms with E-state index < -0.39 is 7.82 Å². The van der Waals surface area contributed by atoms with Gasteiger partial charge in [0.2, 0.25) is 0 Å². The van der Waals surface area contributed by atoms with Gasteiger partial charge in [-0.3, -0.25) is 9.05 Å². The van der Waals surface area contributed by atoms with E-state index in [1.165, 1.54) is 109 Å². The van der Waals surface area contributed by atoms with Crippen LogP contribution in [0.15, 0.2) is 0 Å². The van der Waals surface area contributed by atoms with E-state index in [2.05, 4.69) is 12.2 Å². The molecule has 0 saturated heterocycles. The molecule has 0 aliphatic carbocycles. The maximum Gasteiger partial charge on any atom is 0.472 e. The Bertz CT molecular complexity index is 605. The molecule has 0 aromatic heterocycles. The number of phosphoric acid groups is 1. The third-order valence-electron chi connectivity index (χ3n) is 6.91. The molecule has 0 radical (unpaired) electrons. The second-order valence-electron chi connectivity index (χ2n) is 11.7. The average Bonchev–Trinajstić information content (AvgIpc) is 2.85. The lowest BCUT2D eigenvalue weighted by atomic mass is 10.0. The molecule has 1 unspecified atom stereocenters. The second-order valence-corrected chi connectivity index (χ2v) is 13.5. The maximum atomic E-state index is 12.1. The van der Waals surface area contributed by atoms with Crippen molar-refractivity contribution >= 4 is 25.2 Å². The summed E-state index contributed by atoms with van der Waals surface area (Å²) in [5, 5.41) is 3.65. The van der Waals surface area contributed by atoms with Crippen molar-refractivity contribution in [2.24, 2.45) is 0 Å². The third kappa shape index (κ3) is 26.0. The number of quaternary nitrogens is 1. The van der Waals surface area contributed by atoms with Crippen LogP contribution in [0, 0.1) is 0 Å². The first-order valence-corrected chi connectivity index (χ1v) is 17.4. The number of unbranched alkanes of at least 4 members (excludes halogenated alkanes) is 17. The van der Waals surface area contributed by atoms with Crippen molar-refractivity contribution < 1.29 is 23.0 Å². The van der Waals surface area contributed by atoms with Crippen LogP contribution < -0.4 is 5.32 Å². The number of likely N-dealkylation sites (N-methyl/N-ethyl adjacent to an activating group) is 1. The van der Waals surface area contributed by atoms with Gasteiger partial charge in [0.05, 0.1) is 27.7 Å². The molecule has 9 heteroatoms. The molecule has 38 heavy (non-hydrogen) atoms. The monoisotopic (exact) mass is 580 g/mol. The summed E-state index contributed by atoms with van der Waals surface area (Å²) in [4.78, 5) is 11.9. The van der Waals surface area contributed by atoms with E-state index >= 15 is 0 Å². The zero-order valence-corrected chi connectivity index (χ0v) is 27.4. The molecule has 0 fully saturated rings. The van der Waals surface area contributed by atoms with E-state index in [-0.39, 0.29) is 13.2 Å². The van der Waals surface area contributed by atoms with Gasteiger partial charge in [0.1, 0.15) is 13.2 Å². The molecule has 2 N–H and O–H groups in total. The first-order valence-electron chi connectivity index (χ1n) is 15.5. The van der Waals surface area contributed by atoms with Gasteiger partial charge in [0, 0.05) is 20.1 Å². The fourth-order valence-electron chi connectivity index (χ4n) is 4.41. The molecule has 0 heterocycles. The molecule has 0 amide bonds. The van der Waals surface area contributed by atoms with Crippen LogP contribution in [-0.4, -0.2) is 80.4 Å². The van der Waals surface area contributed by atoms with Crippen molar-refractivity contribution in [1.82, 2.24) is 10.2 Å². The highest BCUT2D eigenvalue weighted by atomic mass is 32.1. The summed E-state index contributed by atoms with van der Waals surface area (Å²) in [7, 11) is 3.77. The molecule has 1 atom stereocenters. The molecule has 0 aromatic rings. The van der Waals surface area contributed by atoms with Gasteiger partial charge in [0.25, 0.3) is 0 Å². The number of phosphoric ester groups is 1. The predicted octanol–water partition coefficient (Wildman–Crippen LogP) is 7.67. The smallest absolute Gasteiger partial charge is 0.366 e. The quantitative estimate of drug-likeness (QED) is 0.0447. The van der Waals surface area contributed by atoms with Crippen LogP contribution in [0.5, 0.6) is 0 Å². The first-order chi connectivity index (χ1) is 18.1. The minimum absolute atomic E-state index is 0.0963. The Hall–Kier alpha value is -0.240. The van der Waals surface area contributed by atoms with E-state index in [0.29, 0.717) is 22.7 Å². The number of rotatable bonds is 27. The molecular weight excluding hydrogens is 517 g/mol. The third-order valence-corrected chi connectivity index (χ3v) is 8.39. The lowest BCUT2D eigenvalue weighted by Crippen LogP contribution is -2.40. The van der Waals surface area contributed by atoms with Gasteiger partial charge >= 0.3 is 7.82 Å². The number of hydrogen-bond acceptors (Lipinski definition) is 4. The Balaban J connectivity index is 3.72. The number of thiocarbonyl (C=S) groups is 1. The number of nitrogens with one attached hydrogen (secondary N) is 1. The van der Waals surface area contributed by atoms with Crippen LogP contribution in [0.1, 0.15) is 122 Å². The highest BCUT2D eigenvalue weighted by Crippen LogP contribution is 2.42.